The normalized spacial score (nSPS) is 10.9. The van der Waals surface area contributed by atoms with Crippen molar-refractivity contribution in [1.29, 1.82) is 0 Å². The van der Waals surface area contributed by atoms with E-state index in [-0.39, 0.29) is 5.69 Å². The first-order valence-corrected chi connectivity index (χ1v) is 6.25. The third-order valence-corrected chi connectivity index (χ3v) is 4.19. The van der Waals surface area contributed by atoms with Crippen LogP contribution in [-0.2, 0) is 0 Å². The van der Waals surface area contributed by atoms with Crippen molar-refractivity contribution in [3.63, 3.8) is 0 Å². The standard InChI is InChI=1S/C13H10N2O2S/c1-7-8-4-2-3-5-11(8)18-12(7)9-6-10(13(16)17)15-14-9/h2-6H,1H3,(H,14,15)(H,16,17). The molecule has 0 aliphatic heterocycles. The molecule has 0 spiro atoms. The van der Waals surface area contributed by atoms with Gasteiger partial charge in [0.2, 0.25) is 0 Å². The number of aromatic nitrogens is 2. The van der Waals surface area contributed by atoms with Crippen LogP contribution in [0.2, 0.25) is 0 Å². The van der Waals surface area contributed by atoms with Gasteiger partial charge in [-0.3, -0.25) is 5.10 Å². The summed E-state index contributed by atoms with van der Waals surface area (Å²) < 4.78 is 1.19. The van der Waals surface area contributed by atoms with Crippen molar-refractivity contribution in [1.82, 2.24) is 10.2 Å². The van der Waals surface area contributed by atoms with Crippen LogP contribution in [0.5, 0.6) is 0 Å². The van der Waals surface area contributed by atoms with Gasteiger partial charge in [0.05, 0.1) is 10.6 Å². The van der Waals surface area contributed by atoms with Gasteiger partial charge in [-0.2, -0.15) is 5.10 Å². The average Bonchev–Trinajstić information content (AvgIpc) is 2.95. The van der Waals surface area contributed by atoms with E-state index in [0.29, 0.717) is 0 Å². The smallest absolute Gasteiger partial charge is 0.356 e. The SMILES string of the molecule is Cc1c(-c2cc(C(=O)O)n[nH]2)sc2ccccc12. The number of hydrogen-bond acceptors (Lipinski definition) is 3. The lowest BCUT2D eigenvalue weighted by atomic mass is 10.1. The van der Waals surface area contributed by atoms with Crippen molar-refractivity contribution in [2.24, 2.45) is 0 Å². The van der Waals surface area contributed by atoms with Crippen LogP contribution in [0.15, 0.2) is 30.3 Å². The summed E-state index contributed by atoms with van der Waals surface area (Å²) in [4.78, 5) is 11.9. The van der Waals surface area contributed by atoms with Gasteiger partial charge >= 0.3 is 5.97 Å². The highest BCUT2D eigenvalue weighted by Gasteiger charge is 2.14. The lowest BCUT2D eigenvalue weighted by Crippen LogP contribution is -1.95. The molecule has 0 bridgehead atoms. The van der Waals surface area contributed by atoms with Crippen LogP contribution in [0.3, 0.4) is 0 Å². The summed E-state index contributed by atoms with van der Waals surface area (Å²) in [6.07, 6.45) is 0. The molecule has 2 aromatic heterocycles. The zero-order valence-electron chi connectivity index (χ0n) is 9.60. The third kappa shape index (κ3) is 1.60. The van der Waals surface area contributed by atoms with Gasteiger partial charge in [-0.25, -0.2) is 4.79 Å². The van der Waals surface area contributed by atoms with Crippen molar-refractivity contribution < 1.29 is 9.90 Å². The summed E-state index contributed by atoms with van der Waals surface area (Å²) in [5.41, 5.74) is 1.95. The molecule has 3 aromatic rings. The highest BCUT2D eigenvalue weighted by Crippen LogP contribution is 2.37. The van der Waals surface area contributed by atoms with E-state index in [0.717, 1.165) is 16.1 Å². The maximum absolute atomic E-state index is 10.8. The molecule has 1 aromatic carbocycles. The predicted molar refractivity (Wildman–Crippen MR) is 71.1 cm³/mol. The number of carboxylic acids is 1. The minimum atomic E-state index is -1.02. The van der Waals surface area contributed by atoms with Gasteiger partial charge in [-0.05, 0) is 30.0 Å². The fraction of sp³-hybridized carbons (Fsp3) is 0.0769. The number of fused-ring (bicyclic) bond motifs is 1. The molecular formula is C13H10N2O2S. The molecule has 0 fully saturated rings. The van der Waals surface area contributed by atoms with Gasteiger partial charge in [0.25, 0.3) is 0 Å². The Labute approximate surface area is 107 Å². The van der Waals surface area contributed by atoms with E-state index in [1.54, 1.807) is 17.4 Å². The number of aromatic amines is 1. The minimum absolute atomic E-state index is 0.0434. The summed E-state index contributed by atoms with van der Waals surface area (Å²) in [6.45, 7) is 2.04. The van der Waals surface area contributed by atoms with Gasteiger partial charge in [0, 0.05) is 4.70 Å². The first kappa shape index (κ1) is 11.0. The maximum atomic E-state index is 10.8. The van der Waals surface area contributed by atoms with E-state index in [1.165, 1.54) is 10.1 Å². The fourth-order valence-corrected chi connectivity index (χ4v) is 3.15. The summed E-state index contributed by atoms with van der Waals surface area (Å²) in [5, 5.41) is 16.6. The Morgan fingerprint density at radius 2 is 2.17 bits per heavy atom. The topological polar surface area (TPSA) is 66.0 Å². The molecule has 0 radical (unpaired) electrons. The highest BCUT2D eigenvalue weighted by atomic mass is 32.1. The molecule has 90 valence electrons. The van der Waals surface area contributed by atoms with Crippen molar-refractivity contribution in [2.75, 3.05) is 0 Å². The molecule has 0 saturated carbocycles. The Kier molecular flexibility index (Phi) is 2.41. The van der Waals surface area contributed by atoms with Gasteiger partial charge < -0.3 is 5.11 Å². The number of aryl methyl sites for hydroxylation is 1. The molecule has 4 nitrogen and oxygen atoms in total. The number of aromatic carboxylic acids is 1. The molecule has 0 atom stereocenters. The Bertz CT molecular complexity index is 742. The van der Waals surface area contributed by atoms with E-state index in [9.17, 15) is 4.79 Å². The molecule has 0 saturated heterocycles. The van der Waals surface area contributed by atoms with E-state index in [1.807, 2.05) is 19.1 Å². The third-order valence-electron chi connectivity index (χ3n) is 2.89. The molecule has 3 rings (SSSR count). The second-order valence-electron chi connectivity index (χ2n) is 4.02. The number of nitrogens with one attached hydrogen (secondary N) is 1. The number of carbonyl (C=O) groups is 1. The number of thiophene rings is 1. The lowest BCUT2D eigenvalue weighted by Gasteiger charge is -1.93. The van der Waals surface area contributed by atoms with Gasteiger partial charge in [0.1, 0.15) is 0 Å². The Hall–Kier alpha value is -2.14. The predicted octanol–water partition coefficient (Wildman–Crippen LogP) is 3.30. The zero-order chi connectivity index (χ0) is 12.7. The molecule has 0 unspecified atom stereocenters. The van der Waals surface area contributed by atoms with Crippen LogP contribution in [0.4, 0.5) is 0 Å². The second-order valence-corrected chi connectivity index (χ2v) is 5.08. The minimum Gasteiger partial charge on any atom is -0.476 e. The summed E-state index contributed by atoms with van der Waals surface area (Å²) in [5.74, 6) is -1.02. The second kappa shape index (κ2) is 3.96. The average molecular weight is 258 g/mol. The van der Waals surface area contributed by atoms with Gasteiger partial charge in [0.15, 0.2) is 5.69 Å². The van der Waals surface area contributed by atoms with Crippen molar-refractivity contribution >= 4 is 27.4 Å². The molecule has 0 amide bonds. The molecule has 0 aliphatic rings. The van der Waals surface area contributed by atoms with Crippen LogP contribution < -0.4 is 0 Å². The number of H-pyrrole nitrogens is 1. The van der Waals surface area contributed by atoms with Crippen molar-refractivity contribution in [2.45, 2.75) is 6.92 Å². The van der Waals surface area contributed by atoms with E-state index >= 15 is 0 Å². The highest BCUT2D eigenvalue weighted by molar-refractivity contribution is 7.22. The van der Waals surface area contributed by atoms with Gasteiger partial charge in [-0.1, -0.05) is 18.2 Å². The summed E-state index contributed by atoms with van der Waals surface area (Å²) in [7, 11) is 0. The number of benzene rings is 1. The van der Waals surface area contributed by atoms with Crippen LogP contribution in [0, 0.1) is 6.92 Å². The van der Waals surface area contributed by atoms with Gasteiger partial charge in [-0.15, -0.1) is 11.3 Å². The maximum Gasteiger partial charge on any atom is 0.356 e. The summed E-state index contributed by atoms with van der Waals surface area (Å²) in [6, 6.07) is 9.70. The van der Waals surface area contributed by atoms with Crippen LogP contribution >= 0.6 is 11.3 Å². The number of nitrogens with zero attached hydrogens (tertiary/aromatic N) is 1. The molecule has 0 aliphatic carbocycles. The number of carboxylic acid groups (broad SMARTS) is 1. The molecule has 18 heavy (non-hydrogen) atoms. The van der Waals surface area contributed by atoms with E-state index < -0.39 is 5.97 Å². The zero-order valence-corrected chi connectivity index (χ0v) is 10.4. The fourth-order valence-electron chi connectivity index (χ4n) is 1.98. The quantitative estimate of drug-likeness (QED) is 0.741. The van der Waals surface area contributed by atoms with Crippen LogP contribution in [0.1, 0.15) is 16.1 Å². The largest absolute Gasteiger partial charge is 0.476 e. The molecule has 2 N–H and O–H groups in total. The van der Waals surface area contributed by atoms with Crippen LogP contribution in [0.25, 0.3) is 20.7 Å². The summed E-state index contributed by atoms with van der Waals surface area (Å²) >= 11 is 1.64. The Morgan fingerprint density at radius 3 is 2.83 bits per heavy atom. The molecule has 2 heterocycles. The first-order valence-electron chi connectivity index (χ1n) is 5.44. The molecule has 5 heteroatoms. The Morgan fingerprint density at radius 1 is 1.39 bits per heavy atom. The van der Waals surface area contributed by atoms with Crippen LogP contribution in [-0.4, -0.2) is 21.3 Å². The lowest BCUT2D eigenvalue weighted by molar-refractivity contribution is 0.0690. The van der Waals surface area contributed by atoms with E-state index in [2.05, 4.69) is 22.3 Å². The number of rotatable bonds is 2. The Balaban J connectivity index is 2.18. The monoisotopic (exact) mass is 258 g/mol. The molecular weight excluding hydrogens is 248 g/mol. The number of hydrogen-bond donors (Lipinski definition) is 2. The first-order chi connectivity index (χ1) is 8.66. The van der Waals surface area contributed by atoms with Crippen molar-refractivity contribution in [3.05, 3.63) is 41.6 Å². The van der Waals surface area contributed by atoms with Crippen molar-refractivity contribution in [3.8, 4) is 10.6 Å². The van der Waals surface area contributed by atoms with E-state index in [4.69, 9.17) is 5.11 Å².